The quantitative estimate of drug-likeness (QED) is 0.113. The largest absolute Gasteiger partial charge is 0.387 e. The minimum Gasteiger partial charge on any atom is -0.387 e. The standard InChI is InChI=1S/C30H37F3N4O3.C7H8N2O3.C2H6/c1-30(2,11-12-40-3)28(37(27(39)19-38)17-21-14-34-15-25(21)33)29-35-26(23-13-22(31)9-10-24(23)32)18-36(29)16-20-7-5-4-6-8-20;10-5-8-3-4-9-6(11)1-2-7(9)12;1-2/h4-10,13,18,21,25,28,34,38H,11-12,14-17,19H2,1-3H3;1-2,5H,3-4H2,(H,8,10);1-2H3/t21-,25-,28-;;/m0../s1. The summed E-state index contributed by atoms with van der Waals surface area (Å²) < 4.78 is 51.1. The van der Waals surface area contributed by atoms with Crippen molar-refractivity contribution in [3.05, 3.63) is 89.9 Å². The molecule has 2 aromatic carbocycles. The van der Waals surface area contributed by atoms with Gasteiger partial charge in [0, 0.05) is 82.8 Å². The van der Waals surface area contributed by atoms with Gasteiger partial charge in [0.05, 0.1) is 11.7 Å². The van der Waals surface area contributed by atoms with Crippen molar-refractivity contribution < 1.29 is 42.2 Å². The van der Waals surface area contributed by atoms with E-state index in [1.165, 1.54) is 17.1 Å². The second kappa shape index (κ2) is 21.1. The van der Waals surface area contributed by atoms with Crippen molar-refractivity contribution in [1.82, 2.24) is 30.0 Å². The highest BCUT2D eigenvalue weighted by Crippen LogP contribution is 2.43. The van der Waals surface area contributed by atoms with Crippen molar-refractivity contribution in [3.63, 3.8) is 0 Å². The third-order valence-corrected chi connectivity index (χ3v) is 9.06. The Hall–Kier alpha value is -4.86. The van der Waals surface area contributed by atoms with Gasteiger partial charge < -0.3 is 29.9 Å². The van der Waals surface area contributed by atoms with Gasteiger partial charge in [0.2, 0.25) is 12.3 Å². The number of nitrogens with zero attached hydrogens (tertiary/aromatic N) is 4. The number of imide groups is 1. The van der Waals surface area contributed by atoms with Gasteiger partial charge >= 0.3 is 0 Å². The maximum atomic E-state index is 14.9. The van der Waals surface area contributed by atoms with Gasteiger partial charge in [0.1, 0.15) is 30.2 Å². The zero-order valence-electron chi connectivity index (χ0n) is 31.4. The van der Waals surface area contributed by atoms with Crippen LogP contribution in [0.3, 0.4) is 0 Å². The molecule has 3 aromatic rings. The van der Waals surface area contributed by atoms with Gasteiger partial charge in [-0.15, -0.1) is 0 Å². The highest BCUT2D eigenvalue weighted by Gasteiger charge is 2.43. The number of aliphatic hydroxyl groups excluding tert-OH is 1. The van der Waals surface area contributed by atoms with E-state index in [4.69, 9.17) is 9.72 Å². The van der Waals surface area contributed by atoms with Gasteiger partial charge in [0.15, 0.2) is 0 Å². The number of aliphatic hydroxyl groups is 1. The fraction of sp³-hybridized carbons (Fsp3) is 0.462. The molecule has 1 aromatic heterocycles. The van der Waals surface area contributed by atoms with Crippen LogP contribution in [0.5, 0.6) is 0 Å². The predicted molar refractivity (Wildman–Crippen MR) is 197 cm³/mol. The van der Waals surface area contributed by atoms with Crippen LogP contribution in [-0.2, 0) is 30.5 Å². The maximum absolute atomic E-state index is 14.9. The van der Waals surface area contributed by atoms with Gasteiger partial charge in [-0.1, -0.05) is 58.0 Å². The first-order chi connectivity index (χ1) is 25.9. The molecular weight excluding hydrogens is 705 g/mol. The van der Waals surface area contributed by atoms with Gasteiger partial charge in [-0.05, 0) is 35.6 Å². The fourth-order valence-corrected chi connectivity index (χ4v) is 6.25. The molecule has 1 fully saturated rings. The molecule has 4 amide bonds. The number of imidazole rings is 1. The van der Waals surface area contributed by atoms with Crippen LogP contribution in [0.1, 0.15) is 51.5 Å². The first-order valence-electron chi connectivity index (χ1n) is 17.9. The van der Waals surface area contributed by atoms with Crippen LogP contribution in [0.15, 0.2) is 66.9 Å². The number of ether oxygens (including phenoxy) is 1. The van der Waals surface area contributed by atoms with E-state index >= 15 is 0 Å². The summed E-state index contributed by atoms with van der Waals surface area (Å²) in [5.41, 5.74) is 0.462. The second-order valence-electron chi connectivity index (χ2n) is 13.2. The Bertz CT molecular complexity index is 1700. The molecule has 294 valence electrons. The predicted octanol–water partition coefficient (Wildman–Crippen LogP) is 4.04. The molecule has 2 aliphatic heterocycles. The number of carbonyl (C=O) groups excluding carboxylic acids is 4. The lowest BCUT2D eigenvalue weighted by atomic mass is 9.79. The number of halogens is 3. The molecular formula is C39H51F3N6O6. The second-order valence-corrected chi connectivity index (χ2v) is 13.2. The highest BCUT2D eigenvalue weighted by atomic mass is 19.1. The number of aromatic nitrogens is 2. The summed E-state index contributed by atoms with van der Waals surface area (Å²) in [5.74, 6) is -2.51. The zero-order valence-corrected chi connectivity index (χ0v) is 31.4. The van der Waals surface area contributed by atoms with E-state index < -0.39 is 47.7 Å². The van der Waals surface area contributed by atoms with Crippen LogP contribution in [0.4, 0.5) is 13.2 Å². The zero-order chi connectivity index (χ0) is 39.8. The smallest absolute Gasteiger partial charge is 0.253 e. The summed E-state index contributed by atoms with van der Waals surface area (Å²) in [6, 6.07) is 12.0. The number of nitrogens with one attached hydrogen (secondary N) is 2. The third-order valence-electron chi connectivity index (χ3n) is 9.06. The SMILES string of the molecule is CC.COCCC(C)(C)[C@H](c1nc(-c2cc(F)ccc2F)cn1Cc1ccccc1)N(C[C@@H]1CNC[C@@H]1F)C(=O)CO.O=CNCCN1C(=O)C=CC1=O. The van der Waals surface area contributed by atoms with Crippen molar-refractivity contribution in [1.29, 1.82) is 0 Å². The van der Waals surface area contributed by atoms with Crippen molar-refractivity contribution in [3.8, 4) is 11.3 Å². The Labute approximate surface area is 314 Å². The number of carbonyl (C=O) groups is 4. The molecule has 3 heterocycles. The van der Waals surface area contributed by atoms with Crippen LogP contribution < -0.4 is 10.6 Å². The molecule has 0 radical (unpaired) electrons. The van der Waals surface area contributed by atoms with Gasteiger partial charge in [-0.2, -0.15) is 0 Å². The number of alkyl halides is 1. The number of hydrogen-bond donors (Lipinski definition) is 3. The normalized spacial score (nSPS) is 17.0. The molecule has 2 aliphatic rings. The summed E-state index contributed by atoms with van der Waals surface area (Å²) in [7, 11) is 1.58. The monoisotopic (exact) mass is 756 g/mol. The van der Waals surface area contributed by atoms with E-state index in [0.29, 0.717) is 44.9 Å². The lowest BCUT2D eigenvalue weighted by Gasteiger charge is -2.43. The molecule has 0 bridgehead atoms. The molecule has 54 heavy (non-hydrogen) atoms. The van der Waals surface area contributed by atoms with E-state index in [1.807, 2.05) is 62.6 Å². The fourth-order valence-electron chi connectivity index (χ4n) is 6.25. The highest BCUT2D eigenvalue weighted by molar-refractivity contribution is 6.12. The summed E-state index contributed by atoms with van der Waals surface area (Å²) >= 11 is 0. The average Bonchev–Trinajstić information content (AvgIpc) is 3.87. The van der Waals surface area contributed by atoms with E-state index in [0.717, 1.165) is 28.7 Å². The summed E-state index contributed by atoms with van der Waals surface area (Å²) in [5, 5.41) is 15.4. The molecule has 0 aliphatic carbocycles. The van der Waals surface area contributed by atoms with E-state index in [9.17, 15) is 37.5 Å². The lowest BCUT2D eigenvalue weighted by molar-refractivity contribution is -0.141. The molecule has 12 nitrogen and oxygen atoms in total. The van der Waals surface area contributed by atoms with Crippen molar-refractivity contribution >= 4 is 24.1 Å². The molecule has 0 spiro atoms. The van der Waals surface area contributed by atoms with Gasteiger partial charge in [-0.3, -0.25) is 24.1 Å². The number of rotatable bonds is 16. The average molecular weight is 757 g/mol. The van der Waals surface area contributed by atoms with Crippen LogP contribution >= 0.6 is 0 Å². The number of methoxy groups -OCH3 is 1. The summed E-state index contributed by atoms with van der Waals surface area (Å²) in [4.78, 5) is 52.3. The summed E-state index contributed by atoms with van der Waals surface area (Å²) in [6.45, 7) is 9.02. The molecule has 3 N–H and O–H groups in total. The Morgan fingerprint density at radius 1 is 1.13 bits per heavy atom. The molecule has 15 heteroatoms. The van der Waals surface area contributed by atoms with Crippen LogP contribution in [0.2, 0.25) is 0 Å². The number of amides is 4. The minimum absolute atomic E-state index is 0.00893. The Morgan fingerprint density at radius 2 is 1.81 bits per heavy atom. The van der Waals surface area contributed by atoms with Gasteiger partial charge in [0.25, 0.3) is 11.8 Å². The maximum Gasteiger partial charge on any atom is 0.253 e. The van der Waals surface area contributed by atoms with Crippen LogP contribution in [0.25, 0.3) is 11.3 Å². The number of hydrogen-bond acceptors (Lipinski definition) is 8. The lowest BCUT2D eigenvalue weighted by Crippen LogP contribution is -2.48. The topological polar surface area (TPSA) is 146 Å². The van der Waals surface area contributed by atoms with Crippen molar-refractivity contribution in [2.24, 2.45) is 11.3 Å². The van der Waals surface area contributed by atoms with Crippen LogP contribution in [-0.4, -0.2) is 108 Å². The van der Waals surface area contributed by atoms with Crippen molar-refractivity contribution in [2.45, 2.75) is 52.9 Å². The Morgan fingerprint density at radius 3 is 2.41 bits per heavy atom. The minimum atomic E-state index is -1.15. The Balaban J connectivity index is 0.000000473. The van der Waals surface area contributed by atoms with E-state index in [2.05, 4.69) is 10.6 Å². The van der Waals surface area contributed by atoms with Crippen LogP contribution in [0, 0.1) is 23.0 Å². The summed E-state index contributed by atoms with van der Waals surface area (Å²) in [6.07, 6.45) is 3.95. The molecule has 0 saturated carbocycles. The van der Waals surface area contributed by atoms with E-state index in [1.54, 1.807) is 13.3 Å². The number of benzene rings is 2. The molecule has 0 unspecified atom stereocenters. The first-order valence-corrected chi connectivity index (χ1v) is 17.9. The third kappa shape index (κ3) is 11.6. The first kappa shape index (κ1) is 43.5. The van der Waals surface area contributed by atoms with E-state index in [-0.39, 0.29) is 42.7 Å². The van der Waals surface area contributed by atoms with Crippen molar-refractivity contribution in [2.75, 3.05) is 53.0 Å². The Kier molecular flexibility index (Phi) is 17.0. The molecule has 3 atom stereocenters. The molecule has 5 rings (SSSR count). The molecule has 1 saturated heterocycles. The van der Waals surface area contributed by atoms with Gasteiger partial charge in [-0.25, -0.2) is 18.2 Å².